The number of methoxy groups -OCH3 is 1. The fraction of sp³-hybridized carbons (Fsp3) is 0.273. The van der Waals surface area contributed by atoms with Crippen LogP contribution in [-0.2, 0) is 22.7 Å². The summed E-state index contributed by atoms with van der Waals surface area (Å²) in [5.74, 6) is -4.55. The van der Waals surface area contributed by atoms with Crippen molar-refractivity contribution in [1.82, 2.24) is 15.0 Å². The minimum atomic E-state index is -4.26. The van der Waals surface area contributed by atoms with E-state index in [-0.39, 0.29) is 12.1 Å². The highest BCUT2D eigenvalue weighted by molar-refractivity contribution is 5.83. The van der Waals surface area contributed by atoms with Gasteiger partial charge in [0, 0.05) is 5.56 Å². The third-order valence-corrected chi connectivity index (χ3v) is 4.62. The van der Waals surface area contributed by atoms with Crippen molar-refractivity contribution in [3.8, 4) is 5.75 Å². The van der Waals surface area contributed by atoms with Crippen molar-refractivity contribution in [3.05, 3.63) is 70.3 Å². The molecule has 12 heteroatoms. The van der Waals surface area contributed by atoms with Crippen LogP contribution >= 0.6 is 0 Å². The van der Waals surface area contributed by atoms with E-state index in [0.29, 0.717) is 27.8 Å². The molecule has 0 aliphatic rings. The molecule has 34 heavy (non-hydrogen) atoms. The van der Waals surface area contributed by atoms with E-state index >= 15 is 0 Å². The molecule has 8 nitrogen and oxygen atoms in total. The van der Waals surface area contributed by atoms with Crippen molar-refractivity contribution in [1.29, 1.82) is 0 Å². The predicted octanol–water partition coefficient (Wildman–Crippen LogP) is 2.97. The Bertz CT molecular complexity index is 1250. The highest BCUT2D eigenvalue weighted by Gasteiger charge is 2.41. The normalized spacial score (nSPS) is 11.9. The van der Waals surface area contributed by atoms with Gasteiger partial charge in [-0.25, -0.2) is 19.2 Å². The van der Waals surface area contributed by atoms with Crippen molar-refractivity contribution in [2.75, 3.05) is 13.7 Å². The number of hydrogen-bond donors (Lipinski definition) is 1. The van der Waals surface area contributed by atoms with E-state index in [1.807, 2.05) is 0 Å². The van der Waals surface area contributed by atoms with Crippen LogP contribution < -0.4 is 15.7 Å². The predicted molar refractivity (Wildman–Crippen MR) is 115 cm³/mol. The summed E-state index contributed by atoms with van der Waals surface area (Å²) in [5, 5.41) is 4.18. The van der Waals surface area contributed by atoms with Crippen molar-refractivity contribution in [3.63, 3.8) is 0 Å². The van der Waals surface area contributed by atoms with Crippen molar-refractivity contribution < 1.29 is 31.8 Å². The number of nitrogens with zero attached hydrogens (tertiary/aromatic N) is 3. The van der Waals surface area contributed by atoms with E-state index in [2.05, 4.69) is 15.5 Å². The minimum Gasteiger partial charge on any atom is -0.496 e. The number of fused-ring (bicyclic) bond motifs is 1. The second kappa shape index (κ2) is 10.9. The molecule has 1 amide bonds. The van der Waals surface area contributed by atoms with Gasteiger partial charge in [0.25, 0.3) is 11.5 Å². The van der Waals surface area contributed by atoms with Crippen LogP contribution in [0.15, 0.2) is 58.7 Å². The van der Waals surface area contributed by atoms with Crippen LogP contribution in [-0.4, -0.2) is 47.7 Å². The zero-order chi connectivity index (χ0) is 24.7. The van der Waals surface area contributed by atoms with E-state index in [9.17, 15) is 27.2 Å². The maximum Gasteiger partial charge on any atom is 0.330 e. The number of ether oxygens (including phenoxy) is 2. The number of carbonyl (C=O) groups excluding carboxylic acids is 1. The molecule has 2 aromatic carbocycles. The minimum absolute atomic E-state index is 0.296. The molecule has 1 aromatic heterocycles. The maximum absolute atomic E-state index is 13.0. The Balaban J connectivity index is 1.62. The Labute approximate surface area is 190 Å². The summed E-state index contributed by atoms with van der Waals surface area (Å²) in [4.78, 5) is 28.7. The van der Waals surface area contributed by atoms with Crippen LogP contribution in [0, 0.1) is 0 Å². The fourth-order valence-corrected chi connectivity index (χ4v) is 2.94. The van der Waals surface area contributed by atoms with Gasteiger partial charge in [-0.1, -0.05) is 12.1 Å². The Kier molecular flexibility index (Phi) is 7.95. The van der Waals surface area contributed by atoms with Crippen LogP contribution in [0.1, 0.15) is 11.1 Å². The number of aromatic nitrogens is 2. The first-order chi connectivity index (χ1) is 16.2. The number of carbonyl (C=O) groups is 1. The molecule has 0 unspecified atom stereocenters. The summed E-state index contributed by atoms with van der Waals surface area (Å²) in [6.07, 6.45) is -1.30. The molecule has 180 valence electrons. The second-order valence-corrected chi connectivity index (χ2v) is 7.11. The molecule has 1 heterocycles. The fourth-order valence-electron chi connectivity index (χ4n) is 2.94. The average Bonchev–Trinajstić information content (AvgIpc) is 2.81. The SMILES string of the molecule is COc1ccc(/C=N/NC(=O)Cn2cnc3ccccc3c2=O)cc1COCC(F)(F)C(F)F. The smallest absolute Gasteiger partial charge is 0.330 e. The van der Waals surface area contributed by atoms with E-state index < -0.39 is 31.5 Å². The first-order valence-corrected chi connectivity index (χ1v) is 9.88. The van der Waals surface area contributed by atoms with Gasteiger partial charge >= 0.3 is 12.3 Å². The number of nitrogens with one attached hydrogen (secondary N) is 1. The van der Waals surface area contributed by atoms with Crippen molar-refractivity contribution in [2.45, 2.75) is 25.5 Å². The molecule has 0 aliphatic heterocycles. The zero-order valence-electron chi connectivity index (χ0n) is 17.9. The van der Waals surface area contributed by atoms with E-state index in [1.165, 1.54) is 31.8 Å². The van der Waals surface area contributed by atoms with Crippen LogP contribution in [0.5, 0.6) is 5.75 Å². The van der Waals surface area contributed by atoms with Gasteiger partial charge in [-0.15, -0.1) is 0 Å². The number of hydrazone groups is 1. The summed E-state index contributed by atoms with van der Waals surface area (Å²) >= 11 is 0. The highest BCUT2D eigenvalue weighted by atomic mass is 19.3. The van der Waals surface area contributed by atoms with Gasteiger partial charge in [0.05, 0.1) is 37.2 Å². The maximum atomic E-state index is 13.0. The lowest BCUT2D eigenvalue weighted by Gasteiger charge is -2.16. The lowest BCUT2D eigenvalue weighted by atomic mass is 10.1. The third-order valence-electron chi connectivity index (χ3n) is 4.62. The number of halogens is 4. The summed E-state index contributed by atoms with van der Waals surface area (Å²) in [7, 11) is 1.35. The van der Waals surface area contributed by atoms with Crippen LogP contribution in [0.4, 0.5) is 17.6 Å². The van der Waals surface area contributed by atoms with Gasteiger partial charge in [-0.3, -0.25) is 14.2 Å². The van der Waals surface area contributed by atoms with Gasteiger partial charge < -0.3 is 9.47 Å². The topological polar surface area (TPSA) is 94.8 Å². The number of alkyl halides is 4. The molecule has 0 saturated carbocycles. The lowest BCUT2D eigenvalue weighted by molar-refractivity contribution is -0.168. The van der Waals surface area contributed by atoms with E-state index in [4.69, 9.17) is 9.47 Å². The Morgan fingerprint density at radius 1 is 1.26 bits per heavy atom. The molecular weight excluding hydrogens is 460 g/mol. The van der Waals surface area contributed by atoms with E-state index in [0.717, 1.165) is 4.57 Å². The highest BCUT2D eigenvalue weighted by Crippen LogP contribution is 2.25. The lowest BCUT2D eigenvalue weighted by Crippen LogP contribution is -2.32. The molecule has 0 saturated heterocycles. The first-order valence-electron chi connectivity index (χ1n) is 9.88. The van der Waals surface area contributed by atoms with Crippen molar-refractivity contribution in [2.24, 2.45) is 5.10 Å². The summed E-state index contributed by atoms with van der Waals surface area (Å²) in [6.45, 7) is -2.17. The van der Waals surface area contributed by atoms with Gasteiger partial charge in [-0.2, -0.15) is 13.9 Å². The molecule has 0 spiro atoms. The largest absolute Gasteiger partial charge is 0.496 e. The average molecular weight is 480 g/mol. The van der Waals surface area contributed by atoms with Crippen LogP contribution in [0.25, 0.3) is 10.9 Å². The van der Waals surface area contributed by atoms with Crippen molar-refractivity contribution >= 4 is 23.0 Å². The van der Waals surface area contributed by atoms with Gasteiger partial charge in [0.1, 0.15) is 18.9 Å². The monoisotopic (exact) mass is 480 g/mol. The number of hydrogen-bond acceptors (Lipinski definition) is 6. The molecule has 0 bridgehead atoms. The Morgan fingerprint density at radius 3 is 2.76 bits per heavy atom. The first kappa shape index (κ1) is 24.8. The summed E-state index contributed by atoms with van der Waals surface area (Å²) in [6, 6.07) is 11.3. The third kappa shape index (κ3) is 6.16. The quantitative estimate of drug-likeness (QED) is 0.274. The molecule has 0 fully saturated rings. The molecule has 0 aliphatic carbocycles. The molecule has 0 atom stereocenters. The van der Waals surface area contributed by atoms with Gasteiger partial charge in [0.2, 0.25) is 0 Å². The molecular formula is C22H20F4N4O4. The van der Waals surface area contributed by atoms with E-state index in [1.54, 1.807) is 30.3 Å². The standard InChI is InChI=1S/C22H20F4N4O4/c1-33-18-7-6-14(8-15(18)11-34-12-22(25,26)21(23)24)9-28-29-19(31)10-30-13-27-17-5-3-2-4-16(17)20(30)32/h2-9,13,21H,10-12H2,1H3,(H,29,31)/b28-9+. The molecule has 0 radical (unpaired) electrons. The zero-order valence-corrected chi connectivity index (χ0v) is 17.9. The second-order valence-electron chi connectivity index (χ2n) is 7.11. The molecule has 3 aromatic rings. The molecule has 1 N–H and O–H groups in total. The number of benzene rings is 2. The van der Waals surface area contributed by atoms with Crippen LogP contribution in [0.3, 0.4) is 0 Å². The summed E-state index contributed by atoms with van der Waals surface area (Å²) in [5.41, 5.74) is 3.18. The van der Waals surface area contributed by atoms with Gasteiger partial charge in [0.15, 0.2) is 0 Å². The number of para-hydroxylation sites is 1. The Hall–Kier alpha value is -3.80. The number of rotatable bonds is 10. The Morgan fingerprint density at radius 2 is 2.03 bits per heavy atom. The van der Waals surface area contributed by atoms with Crippen LogP contribution in [0.2, 0.25) is 0 Å². The number of amides is 1. The molecule has 3 rings (SSSR count). The summed E-state index contributed by atoms with van der Waals surface area (Å²) < 4.78 is 61.5. The van der Waals surface area contributed by atoms with Gasteiger partial charge in [-0.05, 0) is 35.9 Å².